The van der Waals surface area contributed by atoms with Crippen LogP contribution < -0.4 is 11.2 Å². The molecule has 4 rings (SSSR count). The van der Waals surface area contributed by atoms with E-state index < -0.39 is 0 Å². The van der Waals surface area contributed by atoms with Gasteiger partial charge in [0.2, 0.25) is 11.3 Å². The maximum absolute atomic E-state index is 9.78. The van der Waals surface area contributed by atoms with E-state index >= 15 is 0 Å². The number of nitrogens with one attached hydrogen (secondary N) is 1. The summed E-state index contributed by atoms with van der Waals surface area (Å²) in [6, 6.07) is 13.6. The minimum Gasteiger partial charge on any atom is -0.508 e. The normalized spacial score (nSPS) is 11.7. The predicted octanol–water partition coefficient (Wildman–Crippen LogP) is 2.83. The molecule has 0 fully saturated rings. The Morgan fingerprint density at radius 1 is 1.07 bits per heavy atom. The molecule has 0 radical (unpaired) electrons. The molecular weight excluding hydrogens is 370 g/mol. The van der Waals surface area contributed by atoms with E-state index in [1.807, 2.05) is 6.07 Å². The van der Waals surface area contributed by atoms with Gasteiger partial charge in [0.1, 0.15) is 17.2 Å². The molecule has 4 aromatic rings. The van der Waals surface area contributed by atoms with Crippen LogP contribution in [-0.2, 0) is 0 Å². The topological polar surface area (TPSA) is 135 Å². The number of nitrogens with zero attached hydrogens (tertiary/aromatic N) is 5. The molecule has 0 amide bonds. The number of hydrazone groups is 1. The van der Waals surface area contributed by atoms with Crippen molar-refractivity contribution in [2.45, 2.75) is 0 Å². The Balaban J connectivity index is 1.87. The second-order valence-corrected chi connectivity index (χ2v) is 5.93. The molecule has 0 bridgehead atoms. The molecule has 27 heavy (non-hydrogen) atoms. The van der Waals surface area contributed by atoms with Crippen molar-refractivity contribution in [3.05, 3.63) is 64.8 Å². The number of nitrogens with two attached hydrogens (primary N) is 1. The third kappa shape index (κ3) is 3.35. The Kier molecular flexibility index (Phi) is 4.27. The van der Waals surface area contributed by atoms with Gasteiger partial charge in [-0.15, -0.1) is 0 Å². The van der Waals surface area contributed by atoms with Crippen molar-refractivity contribution in [1.82, 2.24) is 20.3 Å². The summed E-state index contributed by atoms with van der Waals surface area (Å²) in [4.78, 5) is 8.81. The molecular formula is C17H12ClN7O2. The molecule has 0 saturated carbocycles. The van der Waals surface area contributed by atoms with Gasteiger partial charge in [-0.1, -0.05) is 29.8 Å². The van der Waals surface area contributed by atoms with E-state index in [2.05, 4.69) is 30.7 Å². The Labute approximate surface area is 157 Å². The maximum atomic E-state index is 9.78. The number of aromatic hydroxyl groups is 1. The summed E-state index contributed by atoms with van der Waals surface area (Å²) in [5.74, 6) is 6.01. The zero-order valence-corrected chi connectivity index (χ0v) is 14.4. The largest absolute Gasteiger partial charge is 0.508 e. The summed E-state index contributed by atoms with van der Waals surface area (Å²) < 4.78 is 4.70. The van der Waals surface area contributed by atoms with Gasteiger partial charge in [-0.3, -0.25) is 0 Å². The minimum absolute atomic E-state index is 0.0649. The fourth-order valence-electron chi connectivity index (χ4n) is 2.52. The van der Waals surface area contributed by atoms with E-state index in [1.54, 1.807) is 36.4 Å². The molecule has 0 aliphatic heterocycles. The molecule has 9 nitrogen and oxygen atoms in total. The number of fused-ring (bicyclic) bond motifs is 1. The van der Waals surface area contributed by atoms with Gasteiger partial charge in [0.25, 0.3) is 0 Å². The second kappa shape index (κ2) is 6.89. The molecule has 0 aliphatic carbocycles. The molecule has 0 spiro atoms. The van der Waals surface area contributed by atoms with E-state index in [0.717, 1.165) is 0 Å². The van der Waals surface area contributed by atoms with Crippen LogP contribution in [0, 0.1) is 0 Å². The smallest absolute Gasteiger partial charge is 0.245 e. The fraction of sp³-hybridized carbons (Fsp3) is 0. The van der Waals surface area contributed by atoms with Gasteiger partial charge in [-0.2, -0.15) is 5.10 Å². The van der Waals surface area contributed by atoms with E-state index in [4.69, 9.17) is 22.1 Å². The van der Waals surface area contributed by atoms with Crippen LogP contribution >= 0.6 is 11.6 Å². The first-order chi connectivity index (χ1) is 13.1. The molecule has 4 N–H and O–H groups in total. The minimum atomic E-state index is 0.0649. The van der Waals surface area contributed by atoms with Crippen LogP contribution in [0.3, 0.4) is 0 Å². The lowest BCUT2D eigenvalue weighted by Gasteiger charge is -2.12. The molecule has 2 aromatic carbocycles. The van der Waals surface area contributed by atoms with Crippen LogP contribution in [0.5, 0.6) is 5.75 Å². The Morgan fingerprint density at radius 2 is 1.85 bits per heavy atom. The lowest BCUT2D eigenvalue weighted by molar-refractivity contribution is 0.314. The van der Waals surface area contributed by atoms with Gasteiger partial charge in [0.05, 0.1) is 0 Å². The van der Waals surface area contributed by atoms with Gasteiger partial charge in [0.15, 0.2) is 5.82 Å². The van der Waals surface area contributed by atoms with Crippen LogP contribution in [0.1, 0.15) is 11.3 Å². The first kappa shape index (κ1) is 16.7. The van der Waals surface area contributed by atoms with Gasteiger partial charge in [-0.25, -0.2) is 14.6 Å². The number of rotatable bonds is 4. The van der Waals surface area contributed by atoms with E-state index in [1.165, 1.54) is 6.07 Å². The molecule has 0 unspecified atom stereocenters. The number of phenolic OH excluding ortho intramolecular Hbond substituents is 1. The number of benzene rings is 2. The van der Waals surface area contributed by atoms with Crippen LogP contribution in [0.25, 0.3) is 11.3 Å². The molecule has 0 atom stereocenters. The van der Waals surface area contributed by atoms with Crippen molar-refractivity contribution in [3.63, 3.8) is 0 Å². The predicted molar refractivity (Wildman–Crippen MR) is 100 cm³/mol. The van der Waals surface area contributed by atoms with Crippen LogP contribution in [0.15, 0.2) is 58.3 Å². The monoisotopic (exact) mass is 381 g/mol. The second-order valence-electron chi connectivity index (χ2n) is 5.50. The Hall–Kier alpha value is -3.72. The first-order valence-corrected chi connectivity index (χ1v) is 8.12. The highest BCUT2D eigenvalue weighted by atomic mass is 35.5. The average Bonchev–Trinajstić information content (AvgIpc) is 3.10. The number of hydrogen-bond acceptors (Lipinski definition) is 9. The van der Waals surface area contributed by atoms with Crippen LogP contribution in [0.2, 0.25) is 5.02 Å². The first-order valence-electron chi connectivity index (χ1n) is 7.74. The molecule has 2 heterocycles. The molecule has 2 aromatic heterocycles. The lowest BCUT2D eigenvalue weighted by Crippen LogP contribution is -2.13. The zero-order chi connectivity index (χ0) is 18.8. The Morgan fingerprint density at radius 3 is 2.59 bits per heavy atom. The molecule has 0 aliphatic rings. The van der Waals surface area contributed by atoms with Crippen molar-refractivity contribution in [2.75, 3.05) is 5.32 Å². The number of phenols is 1. The number of aromatic nitrogens is 4. The number of anilines is 2. The van der Waals surface area contributed by atoms with Gasteiger partial charge >= 0.3 is 0 Å². The summed E-state index contributed by atoms with van der Waals surface area (Å²) in [5.41, 5.74) is 2.26. The van der Waals surface area contributed by atoms with Crippen LogP contribution in [-0.4, -0.2) is 31.1 Å². The third-order valence-electron chi connectivity index (χ3n) is 3.67. The van der Waals surface area contributed by atoms with Crippen molar-refractivity contribution in [3.8, 4) is 5.75 Å². The number of hydrogen-bond donors (Lipinski definition) is 3. The molecule has 134 valence electrons. The van der Waals surface area contributed by atoms with E-state index in [-0.39, 0.29) is 17.0 Å². The molecule has 10 heteroatoms. The fourth-order valence-corrected chi connectivity index (χ4v) is 2.71. The summed E-state index contributed by atoms with van der Waals surface area (Å²) in [6.45, 7) is 0. The van der Waals surface area contributed by atoms with E-state index in [0.29, 0.717) is 33.5 Å². The van der Waals surface area contributed by atoms with Crippen LogP contribution in [0.4, 0.5) is 11.5 Å². The highest BCUT2D eigenvalue weighted by molar-refractivity contribution is 6.30. The quantitative estimate of drug-likeness (QED) is 0.279. The summed E-state index contributed by atoms with van der Waals surface area (Å²) in [7, 11) is 0. The van der Waals surface area contributed by atoms with Crippen molar-refractivity contribution in [1.29, 1.82) is 0 Å². The summed E-state index contributed by atoms with van der Waals surface area (Å²) in [6.07, 6.45) is 0. The standard InChI is InChI=1S/C17H12ClN7O2/c18-10-4-2-5-11(8-10)20-15-14(21-16-17(22-15)25-27-24-16)13(23-19)9-3-1-6-12(26)7-9/h1-8,26H,19H2,(H,20,22,25). The van der Waals surface area contributed by atoms with Crippen molar-refractivity contribution >= 4 is 40.1 Å². The van der Waals surface area contributed by atoms with Gasteiger partial charge < -0.3 is 16.3 Å². The van der Waals surface area contributed by atoms with Gasteiger partial charge in [-0.05, 0) is 40.6 Å². The lowest BCUT2D eigenvalue weighted by atomic mass is 10.1. The highest BCUT2D eigenvalue weighted by Crippen LogP contribution is 2.25. The third-order valence-corrected chi connectivity index (χ3v) is 3.91. The SMILES string of the molecule is NN=C(c1cccc(O)c1)c1nc2nonc2nc1Nc1cccc(Cl)c1. The molecule has 0 saturated heterocycles. The summed E-state index contributed by atoms with van der Waals surface area (Å²) >= 11 is 6.05. The van der Waals surface area contributed by atoms with Gasteiger partial charge in [0, 0.05) is 16.3 Å². The number of halogens is 1. The average molecular weight is 382 g/mol. The highest BCUT2D eigenvalue weighted by Gasteiger charge is 2.19. The Bertz CT molecular complexity index is 1160. The summed E-state index contributed by atoms with van der Waals surface area (Å²) in [5, 5.41) is 24.7. The van der Waals surface area contributed by atoms with E-state index in [9.17, 15) is 5.11 Å². The maximum Gasteiger partial charge on any atom is 0.245 e. The van der Waals surface area contributed by atoms with Crippen molar-refractivity contribution in [2.24, 2.45) is 10.9 Å². The van der Waals surface area contributed by atoms with Crippen molar-refractivity contribution < 1.29 is 9.74 Å². The zero-order valence-electron chi connectivity index (χ0n) is 13.7.